The van der Waals surface area contributed by atoms with Crippen LogP contribution in [0.3, 0.4) is 0 Å². The first-order chi connectivity index (χ1) is 20.5. The molecule has 2 aliphatic rings. The first-order valence-corrected chi connectivity index (χ1v) is 16.8. The van der Waals surface area contributed by atoms with Gasteiger partial charge in [0.1, 0.15) is 0 Å². The number of nitrogens with zero attached hydrogens (tertiary/aromatic N) is 2. The van der Waals surface area contributed by atoms with Crippen LogP contribution in [0.15, 0.2) is 102 Å². The highest BCUT2D eigenvalue weighted by atomic mass is 32.2. The molecule has 2 heterocycles. The highest BCUT2D eigenvalue weighted by Crippen LogP contribution is 2.57. The summed E-state index contributed by atoms with van der Waals surface area (Å²) in [6.07, 6.45) is 0. The maximum atomic E-state index is 15.1. The van der Waals surface area contributed by atoms with E-state index in [4.69, 9.17) is 0 Å². The Bertz CT molecular complexity index is 1710. The topological polar surface area (TPSA) is 63.7 Å². The van der Waals surface area contributed by atoms with Gasteiger partial charge >= 0.3 is 0 Å². The second-order valence-electron chi connectivity index (χ2n) is 12.9. The minimum atomic E-state index is -4.14. The van der Waals surface area contributed by atoms with Gasteiger partial charge in [-0.15, -0.1) is 0 Å². The molecule has 6 rings (SSSR count). The van der Waals surface area contributed by atoms with E-state index in [2.05, 4.69) is 70.7 Å². The van der Waals surface area contributed by atoms with Crippen LogP contribution in [0.2, 0.25) is 0 Å². The summed E-state index contributed by atoms with van der Waals surface area (Å²) in [5.41, 5.74) is 7.14. The molecule has 0 spiro atoms. The van der Waals surface area contributed by atoms with Crippen LogP contribution in [-0.4, -0.2) is 20.0 Å². The van der Waals surface area contributed by atoms with Crippen molar-refractivity contribution in [3.8, 4) is 0 Å². The number of rotatable bonds is 7. The van der Waals surface area contributed by atoms with E-state index in [1.165, 1.54) is 16.7 Å². The van der Waals surface area contributed by atoms with E-state index in [0.717, 1.165) is 16.8 Å². The Morgan fingerprint density at radius 1 is 0.698 bits per heavy atom. The van der Waals surface area contributed by atoms with Crippen LogP contribution in [0.5, 0.6) is 0 Å². The van der Waals surface area contributed by atoms with Gasteiger partial charge < -0.3 is 10.0 Å². The van der Waals surface area contributed by atoms with Crippen LogP contribution in [0.25, 0.3) is 0 Å². The maximum Gasteiger partial charge on any atom is 0.186 e. The number of hydrogen-bond donors (Lipinski definition) is 0. The normalized spacial score (nSPS) is 23.2. The van der Waals surface area contributed by atoms with Gasteiger partial charge in [-0.2, -0.15) is 0 Å². The second kappa shape index (κ2) is 10.9. The van der Waals surface area contributed by atoms with Crippen molar-refractivity contribution in [3.63, 3.8) is 0 Å². The van der Waals surface area contributed by atoms with Gasteiger partial charge in [-0.1, -0.05) is 133 Å². The molecule has 6 heteroatoms. The highest BCUT2D eigenvalue weighted by Gasteiger charge is 2.58. The molecule has 1 saturated heterocycles. The molecule has 0 aliphatic carbocycles. The third-order valence-electron chi connectivity index (χ3n) is 9.21. The summed E-state index contributed by atoms with van der Waals surface area (Å²) >= 11 is 0. The Morgan fingerprint density at radius 2 is 1.19 bits per heavy atom. The average molecular weight is 594 g/mol. The lowest BCUT2D eigenvalue weighted by Crippen LogP contribution is -2.66. The Balaban J connectivity index is 1.66. The zero-order valence-electron chi connectivity index (χ0n) is 25.9. The third kappa shape index (κ3) is 4.54. The largest absolute Gasteiger partial charge is 0.822 e. The molecule has 5 nitrogen and oxygen atoms in total. The Morgan fingerprint density at radius 3 is 1.70 bits per heavy atom. The number of hydrogen-bond acceptors (Lipinski definition) is 5. The lowest BCUT2D eigenvalue weighted by Gasteiger charge is -2.56. The van der Waals surface area contributed by atoms with E-state index < -0.39 is 20.9 Å². The van der Waals surface area contributed by atoms with Gasteiger partial charge in [0.05, 0.1) is 28.7 Å². The minimum absolute atomic E-state index is 0.138. The molecular formula is C37H41N2O3S-. The summed E-state index contributed by atoms with van der Waals surface area (Å²) in [6, 6.07) is 30.7. The van der Waals surface area contributed by atoms with Crippen LogP contribution in [0.1, 0.15) is 105 Å². The smallest absolute Gasteiger partial charge is 0.186 e. The van der Waals surface area contributed by atoms with Crippen LogP contribution < -0.4 is 10.0 Å². The molecule has 1 unspecified atom stereocenters. The third-order valence-corrected chi connectivity index (χ3v) is 11.3. The van der Waals surface area contributed by atoms with Crippen molar-refractivity contribution in [1.29, 1.82) is 0 Å². The monoisotopic (exact) mass is 593 g/mol. The van der Waals surface area contributed by atoms with Gasteiger partial charge in [-0.3, -0.25) is 4.90 Å². The maximum absolute atomic E-state index is 15.1. The number of benzene rings is 4. The summed E-state index contributed by atoms with van der Waals surface area (Å²) in [4.78, 5) is 4.18. The molecular weight excluding hydrogens is 552 g/mol. The second-order valence-corrected chi connectivity index (χ2v) is 14.9. The standard InChI is InChI=1S/C37H41N2O3S/c1-24(2)29-21-30(25(3)4)36(31(22-29)26(5)6)38-23-39(37(40)32-19-13-14-20-33(32)43(37,41)42)35(28-17-11-8-12-18-28)34(38)27-15-9-7-10-16-27/h7-22,24-26,34-35H,23H2,1-6H3/q-1/t34-,35-,37?/m0/s1. The van der Waals surface area contributed by atoms with Gasteiger partial charge in [-0.05, 0) is 57.2 Å². The summed E-state index contributed by atoms with van der Waals surface area (Å²) in [5, 5.41) is 12.7. The number of anilines is 1. The van der Waals surface area contributed by atoms with E-state index in [9.17, 15) is 8.42 Å². The molecule has 2 aliphatic heterocycles. The molecule has 43 heavy (non-hydrogen) atoms. The Hall–Kier alpha value is -3.45. The minimum Gasteiger partial charge on any atom is -0.822 e. The average Bonchev–Trinajstić information content (AvgIpc) is 3.41. The lowest BCUT2D eigenvalue weighted by atomic mass is 9.85. The predicted molar refractivity (Wildman–Crippen MR) is 172 cm³/mol. The van der Waals surface area contributed by atoms with Gasteiger partial charge in [-0.25, -0.2) is 8.42 Å². The van der Waals surface area contributed by atoms with E-state index >= 15 is 5.11 Å². The van der Waals surface area contributed by atoms with Crippen LogP contribution in [-0.2, 0) is 14.9 Å². The van der Waals surface area contributed by atoms with E-state index in [0.29, 0.717) is 11.5 Å². The van der Waals surface area contributed by atoms with Crippen molar-refractivity contribution in [3.05, 3.63) is 130 Å². The quantitative estimate of drug-likeness (QED) is 0.221. The van der Waals surface area contributed by atoms with Crippen molar-refractivity contribution < 1.29 is 13.5 Å². The van der Waals surface area contributed by atoms with Crippen LogP contribution in [0, 0.1) is 0 Å². The van der Waals surface area contributed by atoms with Gasteiger partial charge in [0, 0.05) is 5.69 Å². The molecule has 0 amide bonds. The molecule has 224 valence electrons. The Labute approximate surface area is 256 Å². The SMILES string of the molecule is CC(C)c1cc(C(C)C)c(N2CN(C3([O-])c4ccccc4S3(=O)=O)[C@@H](c3ccccc3)[C@@H]2c2ccccc2)c(C(C)C)c1. The number of sulfone groups is 1. The first kappa shape index (κ1) is 29.6. The zero-order valence-corrected chi connectivity index (χ0v) is 26.7. The first-order valence-electron chi connectivity index (χ1n) is 15.3. The van der Waals surface area contributed by atoms with Gasteiger partial charge in [0.2, 0.25) is 0 Å². The summed E-state index contributed by atoms with van der Waals surface area (Å²) in [7, 11) is -4.14. The van der Waals surface area contributed by atoms with Crippen molar-refractivity contribution >= 4 is 15.5 Å². The summed E-state index contributed by atoms with van der Waals surface area (Å²) < 4.78 is 27.8. The summed E-state index contributed by atoms with van der Waals surface area (Å²) in [5.74, 6) is 0.810. The molecule has 4 aromatic carbocycles. The zero-order chi connectivity index (χ0) is 30.7. The molecule has 4 aromatic rings. The van der Waals surface area contributed by atoms with Crippen molar-refractivity contribution in [2.75, 3.05) is 11.6 Å². The predicted octanol–water partition coefficient (Wildman–Crippen LogP) is 7.58. The summed E-state index contributed by atoms with van der Waals surface area (Å²) in [6.45, 7) is 13.5. The fourth-order valence-corrected chi connectivity index (χ4v) is 8.81. The van der Waals surface area contributed by atoms with Crippen molar-refractivity contribution in [2.24, 2.45) is 0 Å². The fourth-order valence-electron chi connectivity index (χ4n) is 6.96. The van der Waals surface area contributed by atoms with E-state index in [1.807, 2.05) is 48.5 Å². The lowest BCUT2D eigenvalue weighted by molar-refractivity contribution is -0.498. The van der Waals surface area contributed by atoms with Crippen molar-refractivity contribution in [1.82, 2.24) is 4.90 Å². The molecule has 0 aromatic heterocycles. The van der Waals surface area contributed by atoms with Gasteiger partial charge in [0.25, 0.3) is 0 Å². The molecule has 0 saturated carbocycles. The van der Waals surface area contributed by atoms with E-state index in [-0.39, 0.29) is 29.4 Å². The molecule has 0 radical (unpaired) electrons. The molecule has 0 N–H and O–H groups in total. The molecule has 3 atom stereocenters. The van der Waals surface area contributed by atoms with E-state index in [1.54, 1.807) is 29.2 Å². The van der Waals surface area contributed by atoms with Crippen LogP contribution in [0.4, 0.5) is 5.69 Å². The fraction of sp³-hybridized carbons (Fsp3) is 0.351. The number of fused-ring (bicyclic) bond motifs is 1. The Kier molecular flexibility index (Phi) is 7.52. The van der Waals surface area contributed by atoms with Crippen LogP contribution >= 0.6 is 0 Å². The molecule has 1 fully saturated rings. The van der Waals surface area contributed by atoms with Gasteiger partial charge in [0.15, 0.2) is 9.84 Å². The molecule has 0 bridgehead atoms. The highest BCUT2D eigenvalue weighted by molar-refractivity contribution is 7.93. The van der Waals surface area contributed by atoms with Crippen molar-refractivity contribution in [2.45, 2.75) is 81.3 Å².